The molecule has 0 saturated heterocycles. The second-order valence-electron chi connectivity index (χ2n) is 16.6. The molecule has 0 aromatic rings. The fourth-order valence-electron chi connectivity index (χ4n) is 7.73. The Kier molecular flexibility index (Phi) is 45.1. The summed E-state index contributed by atoms with van der Waals surface area (Å²) in [5.41, 5.74) is 11.5. The molecule has 318 valence electrons. The van der Waals surface area contributed by atoms with Crippen molar-refractivity contribution in [1.82, 2.24) is 15.5 Å². The third kappa shape index (κ3) is 39.3. The van der Waals surface area contributed by atoms with Gasteiger partial charge < -0.3 is 27.0 Å². The van der Waals surface area contributed by atoms with Crippen molar-refractivity contribution in [3.63, 3.8) is 0 Å². The van der Waals surface area contributed by atoms with E-state index in [4.69, 9.17) is 11.5 Å². The number of hydrogen-bond acceptors (Lipinski definition) is 5. The number of nitrogens with one attached hydrogen (secondary N) is 2. The minimum atomic E-state index is -0.0972. The molecule has 53 heavy (non-hydrogen) atoms. The van der Waals surface area contributed by atoms with Crippen molar-refractivity contribution in [3.8, 4) is 0 Å². The molecule has 0 aliphatic rings. The van der Waals surface area contributed by atoms with Crippen LogP contribution in [-0.4, -0.2) is 62.7 Å². The summed E-state index contributed by atoms with van der Waals surface area (Å²) >= 11 is 0. The van der Waals surface area contributed by atoms with Gasteiger partial charge in [-0.15, -0.1) is 0 Å². The van der Waals surface area contributed by atoms with Crippen LogP contribution in [0.3, 0.4) is 0 Å². The van der Waals surface area contributed by atoms with Crippen molar-refractivity contribution in [2.75, 3.05) is 45.8 Å². The monoisotopic (exact) mass is 750 g/mol. The first-order valence-corrected chi connectivity index (χ1v) is 24.3. The van der Waals surface area contributed by atoms with Crippen molar-refractivity contribution in [1.29, 1.82) is 0 Å². The van der Waals surface area contributed by atoms with E-state index in [-0.39, 0.29) is 6.04 Å². The predicted octanol–water partition coefficient (Wildman–Crippen LogP) is 12.4. The average Bonchev–Trinajstić information content (AvgIpc) is 3.17. The van der Waals surface area contributed by atoms with Gasteiger partial charge in [-0.3, -0.25) is 4.79 Å². The molecule has 0 aromatic heterocycles. The zero-order valence-corrected chi connectivity index (χ0v) is 36.5. The molecule has 6 N–H and O–H groups in total. The molecule has 1 atom stereocenters. The van der Waals surface area contributed by atoms with Gasteiger partial charge in [0.25, 0.3) is 0 Å². The summed E-state index contributed by atoms with van der Waals surface area (Å²) in [6.45, 7) is 10.5. The first-order chi connectivity index (χ1) is 26.2. The standard InChI is InChI=1S/C47H99N5O/c1-3-5-7-9-11-13-15-17-19-21-23-25-27-29-31-33-44-52(47(53)46(51-43-37-40-49)38-35-41-50-42-36-39-48)45-34-32-30-28-26-24-22-20-18-16-14-12-10-8-6-4-2/h46,50-51H,3-45,48-49H2,1-2H3. The van der Waals surface area contributed by atoms with E-state index in [2.05, 4.69) is 29.4 Å². The highest BCUT2D eigenvalue weighted by Gasteiger charge is 2.23. The van der Waals surface area contributed by atoms with Crippen LogP contribution in [0.4, 0.5) is 0 Å². The van der Waals surface area contributed by atoms with Gasteiger partial charge in [0.2, 0.25) is 5.91 Å². The van der Waals surface area contributed by atoms with Gasteiger partial charge in [0.15, 0.2) is 0 Å². The van der Waals surface area contributed by atoms with Gasteiger partial charge in [-0.05, 0) is 71.2 Å². The van der Waals surface area contributed by atoms with Gasteiger partial charge in [0.1, 0.15) is 0 Å². The van der Waals surface area contributed by atoms with Crippen LogP contribution in [0.5, 0.6) is 0 Å². The number of nitrogens with zero attached hydrogens (tertiary/aromatic N) is 1. The summed E-state index contributed by atoms with van der Waals surface area (Å²) in [7, 11) is 0. The van der Waals surface area contributed by atoms with Crippen LogP contribution in [0.1, 0.15) is 245 Å². The van der Waals surface area contributed by atoms with Crippen molar-refractivity contribution in [2.45, 2.75) is 251 Å². The first kappa shape index (κ1) is 52.3. The highest BCUT2D eigenvalue weighted by atomic mass is 16.2. The van der Waals surface area contributed by atoms with Gasteiger partial charge in [0.05, 0.1) is 6.04 Å². The molecule has 0 fully saturated rings. The van der Waals surface area contributed by atoms with Crippen LogP contribution in [0.25, 0.3) is 0 Å². The highest BCUT2D eigenvalue weighted by molar-refractivity contribution is 5.81. The maximum absolute atomic E-state index is 14.0. The highest BCUT2D eigenvalue weighted by Crippen LogP contribution is 2.16. The van der Waals surface area contributed by atoms with E-state index < -0.39 is 0 Å². The third-order valence-electron chi connectivity index (χ3n) is 11.3. The Hall–Kier alpha value is -0.690. The first-order valence-electron chi connectivity index (χ1n) is 24.3. The van der Waals surface area contributed by atoms with E-state index in [1.165, 1.54) is 193 Å². The van der Waals surface area contributed by atoms with Gasteiger partial charge >= 0.3 is 0 Å². The molecule has 0 aromatic carbocycles. The Morgan fingerprint density at radius 2 is 0.717 bits per heavy atom. The smallest absolute Gasteiger partial charge is 0.239 e. The molecule has 0 spiro atoms. The lowest BCUT2D eigenvalue weighted by atomic mass is 10.0. The lowest BCUT2D eigenvalue weighted by Crippen LogP contribution is -2.48. The molecular weight excluding hydrogens is 651 g/mol. The largest absolute Gasteiger partial charge is 0.341 e. The Bertz CT molecular complexity index is 656. The van der Waals surface area contributed by atoms with Gasteiger partial charge in [-0.25, -0.2) is 0 Å². The number of carbonyl (C=O) groups is 1. The molecule has 6 nitrogen and oxygen atoms in total. The lowest BCUT2D eigenvalue weighted by Gasteiger charge is -2.28. The Labute approximate surface area is 333 Å². The molecule has 0 heterocycles. The summed E-state index contributed by atoms with van der Waals surface area (Å²) in [4.78, 5) is 16.2. The molecule has 0 aliphatic heterocycles. The summed E-state index contributed by atoms with van der Waals surface area (Å²) in [5.74, 6) is 0.325. The van der Waals surface area contributed by atoms with E-state index in [0.29, 0.717) is 12.5 Å². The number of amides is 1. The molecule has 0 radical (unpaired) electrons. The molecule has 6 heteroatoms. The summed E-state index contributed by atoms with van der Waals surface area (Å²) in [6, 6.07) is -0.0972. The van der Waals surface area contributed by atoms with Gasteiger partial charge in [-0.2, -0.15) is 0 Å². The predicted molar refractivity (Wildman–Crippen MR) is 237 cm³/mol. The van der Waals surface area contributed by atoms with Crippen molar-refractivity contribution < 1.29 is 4.79 Å². The molecule has 0 bridgehead atoms. The second-order valence-corrected chi connectivity index (χ2v) is 16.6. The summed E-state index contributed by atoms with van der Waals surface area (Å²) in [6.07, 6.45) is 48.0. The van der Waals surface area contributed by atoms with Crippen LogP contribution in [0, 0.1) is 0 Å². The van der Waals surface area contributed by atoms with Crippen LogP contribution in [0.2, 0.25) is 0 Å². The molecule has 1 unspecified atom stereocenters. The molecule has 0 saturated carbocycles. The number of rotatable bonds is 46. The van der Waals surface area contributed by atoms with Gasteiger partial charge in [0, 0.05) is 13.1 Å². The molecule has 1 amide bonds. The van der Waals surface area contributed by atoms with E-state index >= 15 is 0 Å². The minimum Gasteiger partial charge on any atom is -0.341 e. The second kappa shape index (κ2) is 45.7. The average molecular weight is 750 g/mol. The van der Waals surface area contributed by atoms with Crippen LogP contribution in [0.15, 0.2) is 0 Å². The summed E-state index contributed by atoms with van der Waals surface area (Å²) < 4.78 is 0. The normalized spacial score (nSPS) is 12.2. The quantitative estimate of drug-likeness (QED) is 0.0465. The van der Waals surface area contributed by atoms with E-state index in [0.717, 1.165) is 77.8 Å². The fraction of sp³-hybridized carbons (Fsp3) is 0.979. The Balaban J connectivity index is 4.44. The summed E-state index contributed by atoms with van der Waals surface area (Å²) in [5, 5.41) is 7.09. The van der Waals surface area contributed by atoms with E-state index in [1.54, 1.807) is 0 Å². The third-order valence-corrected chi connectivity index (χ3v) is 11.3. The number of nitrogens with two attached hydrogens (primary N) is 2. The Morgan fingerprint density at radius 1 is 0.415 bits per heavy atom. The Morgan fingerprint density at radius 3 is 1.06 bits per heavy atom. The maximum Gasteiger partial charge on any atom is 0.239 e. The van der Waals surface area contributed by atoms with E-state index in [1.807, 2.05) is 0 Å². The minimum absolute atomic E-state index is 0.0972. The lowest BCUT2D eigenvalue weighted by molar-refractivity contribution is -0.133. The molecule has 0 rings (SSSR count). The van der Waals surface area contributed by atoms with E-state index in [9.17, 15) is 4.79 Å². The maximum atomic E-state index is 14.0. The zero-order valence-electron chi connectivity index (χ0n) is 36.5. The fourth-order valence-corrected chi connectivity index (χ4v) is 7.73. The van der Waals surface area contributed by atoms with Crippen molar-refractivity contribution in [2.24, 2.45) is 11.5 Å². The topological polar surface area (TPSA) is 96.4 Å². The van der Waals surface area contributed by atoms with Crippen LogP contribution >= 0.6 is 0 Å². The van der Waals surface area contributed by atoms with Crippen LogP contribution < -0.4 is 22.1 Å². The van der Waals surface area contributed by atoms with Crippen molar-refractivity contribution >= 4 is 5.91 Å². The number of unbranched alkanes of at least 4 members (excludes halogenated alkanes) is 30. The van der Waals surface area contributed by atoms with Crippen LogP contribution in [-0.2, 0) is 4.79 Å². The SMILES string of the molecule is CCCCCCCCCCCCCCCCCCN(CCCCCCCCCCCCCCCCCC)C(=O)C(CCCNCCCN)NCCCN. The molecule has 0 aliphatic carbocycles. The zero-order chi connectivity index (χ0) is 38.6. The van der Waals surface area contributed by atoms with Crippen molar-refractivity contribution in [3.05, 3.63) is 0 Å². The number of hydrogen-bond donors (Lipinski definition) is 4. The number of carbonyl (C=O) groups excluding carboxylic acids is 1. The van der Waals surface area contributed by atoms with Gasteiger partial charge in [-0.1, -0.05) is 206 Å². The molecular formula is C47H99N5O.